The molecule has 0 bridgehead atoms. The van der Waals surface area contributed by atoms with Gasteiger partial charge < -0.3 is 16.0 Å². The highest BCUT2D eigenvalue weighted by Gasteiger charge is 2.25. The molecule has 1 aromatic carbocycles. The van der Waals surface area contributed by atoms with E-state index in [4.69, 9.17) is 11.6 Å². The molecular weight excluding hydrogens is 338 g/mol. The van der Waals surface area contributed by atoms with Crippen LogP contribution in [-0.2, 0) is 0 Å². The van der Waals surface area contributed by atoms with E-state index in [9.17, 15) is 0 Å². The maximum Gasteiger partial charge on any atom is 0.229 e. The minimum atomic E-state index is 0.437. The molecule has 8 heteroatoms. The molecule has 0 atom stereocenters. The summed E-state index contributed by atoms with van der Waals surface area (Å²) in [6, 6.07) is 9.85. The lowest BCUT2D eigenvalue weighted by atomic mass is 10.3. The van der Waals surface area contributed by atoms with Crippen molar-refractivity contribution in [2.45, 2.75) is 18.8 Å². The topological polar surface area (TPSA) is 90.6 Å². The Morgan fingerprint density at radius 3 is 2.60 bits per heavy atom. The molecule has 25 heavy (non-hydrogen) atoms. The third-order valence-electron chi connectivity index (χ3n) is 4.04. The molecule has 2 aromatic heterocycles. The van der Waals surface area contributed by atoms with Gasteiger partial charge >= 0.3 is 0 Å². The zero-order valence-corrected chi connectivity index (χ0v) is 14.4. The lowest BCUT2D eigenvalue weighted by molar-refractivity contribution is 0.966. The summed E-state index contributed by atoms with van der Waals surface area (Å²) >= 11 is 6.21. The third-order valence-corrected chi connectivity index (χ3v) is 4.31. The molecule has 1 aliphatic carbocycles. The Kier molecular flexibility index (Phi) is 4.15. The Balaban J connectivity index is 1.50. The van der Waals surface area contributed by atoms with Crippen LogP contribution in [0.15, 0.2) is 36.5 Å². The molecule has 128 valence electrons. The van der Waals surface area contributed by atoms with E-state index < -0.39 is 0 Å². The molecular formula is C17H18ClN7. The number of nitrogens with zero attached hydrogens (tertiary/aromatic N) is 3. The third kappa shape index (κ3) is 3.66. The monoisotopic (exact) mass is 355 g/mol. The molecule has 1 saturated carbocycles. The SMILES string of the molecule is CNc1ccc(Nc2ncc(Cl)c(Nc3cc(C4CC4)[nH]n3)n2)cc1. The van der Waals surface area contributed by atoms with Crippen molar-refractivity contribution >= 4 is 40.6 Å². The van der Waals surface area contributed by atoms with E-state index in [-0.39, 0.29) is 0 Å². The number of rotatable bonds is 6. The number of hydrogen-bond donors (Lipinski definition) is 4. The van der Waals surface area contributed by atoms with Crippen LogP contribution in [0.1, 0.15) is 24.5 Å². The van der Waals surface area contributed by atoms with Crippen molar-refractivity contribution in [3.63, 3.8) is 0 Å². The van der Waals surface area contributed by atoms with E-state index in [1.165, 1.54) is 12.8 Å². The van der Waals surface area contributed by atoms with E-state index in [0.717, 1.165) is 17.1 Å². The van der Waals surface area contributed by atoms with E-state index in [1.54, 1.807) is 6.20 Å². The van der Waals surface area contributed by atoms with Crippen molar-refractivity contribution in [3.05, 3.63) is 47.2 Å². The van der Waals surface area contributed by atoms with Crippen molar-refractivity contribution in [2.75, 3.05) is 23.0 Å². The molecule has 0 saturated heterocycles. The van der Waals surface area contributed by atoms with Crippen molar-refractivity contribution < 1.29 is 0 Å². The van der Waals surface area contributed by atoms with Gasteiger partial charge in [0.25, 0.3) is 0 Å². The van der Waals surface area contributed by atoms with E-state index in [2.05, 4.69) is 36.1 Å². The van der Waals surface area contributed by atoms with Crippen LogP contribution < -0.4 is 16.0 Å². The fourth-order valence-corrected chi connectivity index (χ4v) is 2.63. The fraction of sp³-hybridized carbons (Fsp3) is 0.235. The molecule has 0 aliphatic heterocycles. The van der Waals surface area contributed by atoms with Gasteiger partial charge in [-0.25, -0.2) is 4.98 Å². The van der Waals surface area contributed by atoms with Gasteiger partial charge in [-0.2, -0.15) is 10.1 Å². The number of hydrogen-bond acceptors (Lipinski definition) is 6. The standard InChI is InChI=1S/C17H18ClN7/c1-19-11-4-6-12(7-5-11)21-17-20-9-13(18)16(23-17)22-15-8-14(24-25-15)10-2-3-10/h4-10,19H,2-3H2,1H3,(H3,20,21,22,23,24,25). The summed E-state index contributed by atoms with van der Waals surface area (Å²) in [5.41, 5.74) is 3.08. The highest BCUT2D eigenvalue weighted by Crippen LogP contribution is 2.39. The summed E-state index contributed by atoms with van der Waals surface area (Å²) < 4.78 is 0. The number of benzene rings is 1. The first kappa shape index (κ1) is 15.7. The number of halogens is 1. The van der Waals surface area contributed by atoms with Crippen LogP contribution >= 0.6 is 11.6 Å². The highest BCUT2D eigenvalue weighted by atomic mass is 35.5. The summed E-state index contributed by atoms with van der Waals surface area (Å²) in [5.74, 6) is 2.29. The van der Waals surface area contributed by atoms with E-state index >= 15 is 0 Å². The van der Waals surface area contributed by atoms with Crippen LogP contribution in [0.25, 0.3) is 0 Å². The Morgan fingerprint density at radius 2 is 1.88 bits per heavy atom. The van der Waals surface area contributed by atoms with Gasteiger partial charge in [0.15, 0.2) is 11.6 Å². The number of aromatic nitrogens is 4. The Hall–Kier alpha value is -2.80. The van der Waals surface area contributed by atoms with Crippen LogP contribution in [0.3, 0.4) is 0 Å². The summed E-state index contributed by atoms with van der Waals surface area (Å²) in [6.07, 6.45) is 4.00. The quantitative estimate of drug-likeness (QED) is 0.528. The Bertz CT molecular complexity index is 871. The molecule has 1 fully saturated rings. The van der Waals surface area contributed by atoms with E-state index in [0.29, 0.717) is 28.5 Å². The zero-order chi connectivity index (χ0) is 17.2. The molecule has 4 rings (SSSR count). The average molecular weight is 356 g/mol. The van der Waals surface area contributed by atoms with Gasteiger partial charge in [-0.1, -0.05) is 11.6 Å². The molecule has 0 spiro atoms. The second kappa shape index (κ2) is 6.60. The minimum Gasteiger partial charge on any atom is -0.388 e. The summed E-state index contributed by atoms with van der Waals surface area (Å²) in [6.45, 7) is 0. The molecule has 0 radical (unpaired) electrons. The Morgan fingerprint density at radius 1 is 1.12 bits per heavy atom. The molecule has 7 nitrogen and oxygen atoms in total. The molecule has 3 aromatic rings. The molecule has 0 unspecified atom stereocenters. The Labute approximate surface area is 150 Å². The van der Waals surface area contributed by atoms with Gasteiger partial charge in [-0.15, -0.1) is 0 Å². The lowest BCUT2D eigenvalue weighted by Gasteiger charge is -2.09. The van der Waals surface area contributed by atoms with Crippen LogP contribution in [0.5, 0.6) is 0 Å². The first-order valence-electron chi connectivity index (χ1n) is 8.11. The van der Waals surface area contributed by atoms with E-state index in [1.807, 2.05) is 37.4 Å². The maximum absolute atomic E-state index is 6.21. The maximum atomic E-state index is 6.21. The number of aromatic amines is 1. The molecule has 0 amide bonds. The zero-order valence-electron chi connectivity index (χ0n) is 13.7. The van der Waals surface area contributed by atoms with Crippen LogP contribution in [-0.4, -0.2) is 27.2 Å². The van der Waals surface area contributed by atoms with Crippen molar-refractivity contribution in [1.29, 1.82) is 0 Å². The second-order valence-electron chi connectivity index (χ2n) is 5.95. The number of nitrogens with one attached hydrogen (secondary N) is 4. The normalized spacial score (nSPS) is 13.5. The number of H-pyrrole nitrogens is 1. The lowest BCUT2D eigenvalue weighted by Crippen LogP contribution is -2.01. The van der Waals surface area contributed by atoms with Crippen LogP contribution in [0.4, 0.5) is 29.0 Å². The van der Waals surface area contributed by atoms with Gasteiger partial charge in [-0.3, -0.25) is 5.10 Å². The van der Waals surface area contributed by atoms with Crippen molar-refractivity contribution in [1.82, 2.24) is 20.2 Å². The smallest absolute Gasteiger partial charge is 0.229 e. The predicted molar refractivity (Wildman–Crippen MR) is 100 cm³/mol. The minimum absolute atomic E-state index is 0.437. The highest BCUT2D eigenvalue weighted by molar-refractivity contribution is 6.32. The largest absolute Gasteiger partial charge is 0.388 e. The van der Waals surface area contributed by atoms with Gasteiger partial charge in [0.2, 0.25) is 5.95 Å². The van der Waals surface area contributed by atoms with Gasteiger partial charge in [0.1, 0.15) is 5.02 Å². The van der Waals surface area contributed by atoms with Crippen LogP contribution in [0, 0.1) is 0 Å². The molecule has 1 aliphatic rings. The predicted octanol–water partition coefficient (Wildman–Crippen LogP) is 4.26. The fourth-order valence-electron chi connectivity index (χ4n) is 2.49. The average Bonchev–Trinajstić information content (AvgIpc) is 3.38. The van der Waals surface area contributed by atoms with Gasteiger partial charge in [0.05, 0.1) is 6.20 Å². The molecule has 2 heterocycles. The summed E-state index contributed by atoms with van der Waals surface area (Å²) in [5, 5.41) is 17.1. The van der Waals surface area contributed by atoms with Crippen molar-refractivity contribution in [2.24, 2.45) is 0 Å². The summed E-state index contributed by atoms with van der Waals surface area (Å²) in [7, 11) is 1.88. The second-order valence-corrected chi connectivity index (χ2v) is 6.36. The number of anilines is 5. The first-order valence-corrected chi connectivity index (χ1v) is 8.49. The molecule has 4 N–H and O–H groups in total. The summed E-state index contributed by atoms with van der Waals surface area (Å²) in [4.78, 5) is 8.66. The van der Waals surface area contributed by atoms with Gasteiger partial charge in [0, 0.05) is 36.1 Å². The van der Waals surface area contributed by atoms with Gasteiger partial charge in [-0.05, 0) is 37.1 Å². The first-order chi connectivity index (χ1) is 12.2. The van der Waals surface area contributed by atoms with Crippen molar-refractivity contribution in [3.8, 4) is 0 Å². The van der Waals surface area contributed by atoms with Crippen LogP contribution in [0.2, 0.25) is 5.02 Å².